The van der Waals surface area contributed by atoms with E-state index in [0.29, 0.717) is 5.41 Å². The van der Waals surface area contributed by atoms with Crippen molar-refractivity contribution in [2.75, 3.05) is 7.11 Å². The van der Waals surface area contributed by atoms with Crippen LogP contribution in [0, 0.1) is 12.3 Å². The van der Waals surface area contributed by atoms with E-state index >= 15 is 0 Å². The molecule has 0 atom stereocenters. The van der Waals surface area contributed by atoms with E-state index in [1.165, 1.54) is 36.8 Å². The minimum absolute atomic E-state index is 0.654. The van der Waals surface area contributed by atoms with Crippen LogP contribution in [0.5, 0.6) is 5.75 Å². The largest absolute Gasteiger partial charge is 0.496 e. The maximum absolute atomic E-state index is 5.43. The average Bonchev–Trinajstić information content (AvgIpc) is 2.78. The first-order valence-corrected chi connectivity index (χ1v) is 5.39. The summed E-state index contributed by atoms with van der Waals surface area (Å²) in [6.45, 7) is 2.22. The summed E-state index contributed by atoms with van der Waals surface area (Å²) >= 11 is 0. The molecule has 74 valence electrons. The van der Waals surface area contributed by atoms with Gasteiger partial charge in [0, 0.05) is 0 Å². The fraction of sp³-hybridized carbons (Fsp3) is 0.538. The Bertz CT molecular complexity index is 388. The van der Waals surface area contributed by atoms with Crippen LogP contribution in [0.4, 0.5) is 0 Å². The predicted octanol–water partition coefficient (Wildman–Crippen LogP) is 2.88. The van der Waals surface area contributed by atoms with Crippen LogP contribution in [0.15, 0.2) is 12.1 Å². The van der Waals surface area contributed by atoms with Gasteiger partial charge in [0.2, 0.25) is 0 Å². The van der Waals surface area contributed by atoms with E-state index in [2.05, 4.69) is 19.1 Å². The number of benzene rings is 1. The molecule has 0 bridgehead atoms. The smallest absolute Gasteiger partial charge is 0.122 e. The number of hydrogen-bond donors (Lipinski definition) is 0. The second-order valence-electron chi connectivity index (χ2n) is 4.90. The molecule has 1 aromatic rings. The van der Waals surface area contributed by atoms with Crippen LogP contribution in [-0.4, -0.2) is 7.11 Å². The van der Waals surface area contributed by atoms with Gasteiger partial charge < -0.3 is 4.74 Å². The SMILES string of the molecule is COc1ccc(C)c2c1CC1(CC1)C2. The summed E-state index contributed by atoms with van der Waals surface area (Å²) in [7, 11) is 1.78. The molecular formula is C13H16O. The fourth-order valence-electron chi connectivity index (χ4n) is 2.76. The van der Waals surface area contributed by atoms with Crippen LogP contribution < -0.4 is 4.74 Å². The Balaban J connectivity index is 2.12. The molecule has 2 aliphatic rings. The third-order valence-corrected chi connectivity index (χ3v) is 3.90. The van der Waals surface area contributed by atoms with Gasteiger partial charge in [-0.3, -0.25) is 0 Å². The highest BCUT2D eigenvalue weighted by Crippen LogP contribution is 2.57. The monoisotopic (exact) mass is 188 g/mol. The molecule has 3 rings (SSSR count). The van der Waals surface area contributed by atoms with Gasteiger partial charge in [0.15, 0.2) is 0 Å². The van der Waals surface area contributed by atoms with Gasteiger partial charge in [-0.05, 0) is 60.8 Å². The molecule has 1 aromatic carbocycles. The Morgan fingerprint density at radius 3 is 2.50 bits per heavy atom. The van der Waals surface area contributed by atoms with Gasteiger partial charge in [-0.1, -0.05) is 6.07 Å². The number of aryl methyl sites for hydroxylation is 1. The van der Waals surface area contributed by atoms with Gasteiger partial charge in [-0.25, -0.2) is 0 Å². The first-order valence-electron chi connectivity index (χ1n) is 5.39. The molecule has 2 aliphatic carbocycles. The fourth-order valence-corrected chi connectivity index (χ4v) is 2.76. The maximum atomic E-state index is 5.43. The number of methoxy groups -OCH3 is 1. The average molecular weight is 188 g/mol. The molecular weight excluding hydrogens is 172 g/mol. The minimum Gasteiger partial charge on any atom is -0.496 e. The molecule has 0 unspecified atom stereocenters. The zero-order valence-electron chi connectivity index (χ0n) is 8.89. The Morgan fingerprint density at radius 1 is 1.14 bits per heavy atom. The molecule has 1 heteroatoms. The zero-order valence-corrected chi connectivity index (χ0v) is 8.89. The van der Waals surface area contributed by atoms with Crippen molar-refractivity contribution in [3.8, 4) is 5.75 Å². The second-order valence-corrected chi connectivity index (χ2v) is 4.90. The summed E-state index contributed by atoms with van der Waals surface area (Å²) in [4.78, 5) is 0. The van der Waals surface area contributed by atoms with Crippen molar-refractivity contribution in [2.24, 2.45) is 5.41 Å². The van der Waals surface area contributed by atoms with E-state index in [1.54, 1.807) is 12.7 Å². The number of hydrogen-bond acceptors (Lipinski definition) is 1. The quantitative estimate of drug-likeness (QED) is 0.658. The summed E-state index contributed by atoms with van der Waals surface area (Å²) in [6.07, 6.45) is 5.40. The topological polar surface area (TPSA) is 9.23 Å². The van der Waals surface area contributed by atoms with Gasteiger partial charge in [-0.2, -0.15) is 0 Å². The van der Waals surface area contributed by atoms with Crippen molar-refractivity contribution in [1.29, 1.82) is 0 Å². The molecule has 0 amide bonds. The lowest BCUT2D eigenvalue weighted by atomic mass is 10.0. The van der Waals surface area contributed by atoms with Crippen LogP contribution in [0.1, 0.15) is 29.5 Å². The number of rotatable bonds is 1. The first-order chi connectivity index (χ1) is 6.74. The van der Waals surface area contributed by atoms with E-state index < -0.39 is 0 Å². The van der Waals surface area contributed by atoms with E-state index in [1.807, 2.05) is 0 Å². The summed E-state index contributed by atoms with van der Waals surface area (Å²) in [5.74, 6) is 1.11. The van der Waals surface area contributed by atoms with Crippen LogP contribution in [0.25, 0.3) is 0 Å². The van der Waals surface area contributed by atoms with E-state index in [9.17, 15) is 0 Å². The van der Waals surface area contributed by atoms with E-state index in [4.69, 9.17) is 4.74 Å². The van der Waals surface area contributed by atoms with Crippen molar-refractivity contribution < 1.29 is 4.74 Å². The molecule has 1 fully saturated rings. The van der Waals surface area contributed by atoms with Crippen LogP contribution in [-0.2, 0) is 12.8 Å². The third-order valence-electron chi connectivity index (χ3n) is 3.90. The van der Waals surface area contributed by atoms with Crippen molar-refractivity contribution in [3.05, 3.63) is 28.8 Å². The zero-order chi connectivity index (χ0) is 9.76. The van der Waals surface area contributed by atoms with Crippen molar-refractivity contribution >= 4 is 0 Å². The molecule has 1 spiro atoms. The highest BCUT2D eigenvalue weighted by molar-refractivity contribution is 5.50. The molecule has 0 aliphatic heterocycles. The van der Waals surface area contributed by atoms with Crippen LogP contribution in [0.3, 0.4) is 0 Å². The summed E-state index contributed by atoms with van der Waals surface area (Å²) in [5, 5.41) is 0. The Morgan fingerprint density at radius 2 is 1.86 bits per heavy atom. The maximum Gasteiger partial charge on any atom is 0.122 e. The van der Waals surface area contributed by atoms with Crippen molar-refractivity contribution in [2.45, 2.75) is 32.6 Å². The van der Waals surface area contributed by atoms with E-state index in [-0.39, 0.29) is 0 Å². The summed E-state index contributed by atoms with van der Waals surface area (Å²) in [5.41, 5.74) is 5.17. The van der Waals surface area contributed by atoms with Gasteiger partial charge >= 0.3 is 0 Å². The summed E-state index contributed by atoms with van der Waals surface area (Å²) < 4.78 is 5.43. The lowest BCUT2D eigenvalue weighted by molar-refractivity contribution is 0.407. The Hall–Kier alpha value is -0.980. The molecule has 0 radical (unpaired) electrons. The highest BCUT2D eigenvalue weighted by atomic mass is 16.5. The van der Waals surface area contributed by atoms with Gasteiger partial charge in [0.1, 0.15) is 5.75 Å². The minimum atomic E-state index is 0.654. The van der Waals surface area contributed by atoms with Crippen LogP contribution in [0.2, 0.25) is 0 Å². The number of ether oxygens (including phenoxy) is 1. The van der Waals surface area contributed by atoms with Crippen molar-refractivity contribution in [3.63, 3.8) is 0 Å². The lowest BCUT2D eigenvalue weighted by Gasteiger charge is -2.08. The molecule has 0 N–H and O–H groups in total. The van der Waals surface area contributed by atoms with Gasteiger partial charge in [0.25, 0.3) is 0 Å². The second kappa shape index (κ2) is 2.53. The Kier molecular flexibility index (Phi) is 1.51. The van der Waals surface area contributed by atoms with Gasteiger partial charge in [-0.15, -0.1) is 0 Å². The molecule has 1 nitrogen and oxygen atoms in total. The predicted molar refractivity (Wildman–Crippen MR) is 56.8 cm³/mol. The molecule has 1 saturated carbocycles. The number of fused-ring (bicyclic) bond motifs is 1. The molecule has 0 aromatic heterocycles. The van der Waals surface area contributed by atoms with E-state index in [0.717, 1.165) is 5.75 Å². The summed E-state index contributed by atoms with van der Waals surface area (Å²) in [6, 6.07) is 4.31. The normalized spacial score (nSPS) is 21.0. The van der Waals surface area contributed by atoms with Gasteiger partial charge in [0.05, 0.1) is 7.11 Å². The third kappa shape index (κ3) is 1.01. The lowest BCUT2D eigenvalue weighted by Crippen LogP contribution is -1.97. The molecule has 14 heavy (non-hydrogen) atoms. The Labute approximate surface area is 85.1 Å². The molecule has 0 heterocycles. The molecule has 0 saturated heterocycles. The standard InChI is InChI=1S/C13H16O/c1-9-3-4-12(14-2)11-8-13(5-6-13)7-10(9)11/h3-4H,5-8H2,1-2H3. The highest BCUT2D eigenvalue weighted by Gasteiger charge is 2.48. The van der Waals surface area contributed by atoms with Crippen LogP contribution >= 0.6 is 0 Å². The first kappa shape index (κ1) is 8.34. The van der Waals surface area contributed by atoms with Crippen molar-refractivity contribution in [1.82, 2.24) is 0 Å².